The average molecular weight is 344 g/mol. The Morgan fingerprint density at radius 2 is 1.88 bits per heavy atom. The Balaban J connectivity index is 1.82. The van der Waals surface area contributed by atoms with Gasteiger partial charge in [0.25, 0.3) is 0 Å². The first kappa shape index (κ1) is 17.9. The third-order valence-corrected chi connectivity index (χ3v) is 5.03. The Bertz CT molecular complexity index is 901. The van der Waals surface area contributed by atoms with Crippen LogP contribution in [0.3, 0.4) is 0 Å². The maximum absolute atomic E-state index is 12.9. The zero-order chi connectivity index (χ0) is 18.7. The van der Waals surface area contributed by atoms with Crippen LogP contribution in [0, 0.1) is 25.2 Å². The predicted octanol–water partition coefficient (Wildman–Crippen LogP) is 4.87. The summed E-state index contributed by atoms with van der Waals surface area (Å²) in [6.07, 6.45) is 4.24. The van der Waals surface area contributed by atoms with E-state index in [-0.39, 0.29) is 5.78 Å². The Morgan fingerprint density at radius 1 is 1.15 bits per heavy atom. The zero-order valence-electron chi connectivity index (χ0n) is 15.7. The lowest BCUT2D eigenvalue weighted by Gasteiger charge is -2.20. The van der Waals surface area contributed by atoms with Gasteiger partial charge in [-0.05, 0) is 67.7 Å². The lowest BCUT2D eigenvalue weighted by Crippen LogP contribution is -2.17. The highest BCUT2D eigenvalue weighted by Crippen LogP contribution is 2.30. The average Bonchev–Trinajstić information content (AvgIpc) is 2.63. The zero-order valence-corrected chi connectivity index (χ0v) is 15.7. The minimum atomic E-state index is 0.160. The molecule has 0 amide bonds. The second kappa shape index (κ2) is 7.58. The van der Waals surface area contributed by atoms with Gasteiger partial charge in [0.15, 0.2) is 5.78 Å². The molecule has 0 aromatic heterocycles. The molecule has 2 aromatic rings. The summed E-state index contributed by atoms with van der Waals surface area (Å²) in [5.41, 5.74) is 7.43. The van der Waals surface area contributed by atoms with Gasteiger partial charge in [0.05, 0.1) is 12.5 Å². The summed E-state index contributed by atoms with van der Waals surface area (Å²) >= 11 is 0. The number of hydrogen-bond acceptors (Lipinski definition) is 3. The third kappa shape index (κ3) is 3.70. The van der Waals surface area contributed by atoms with Crippen molar-refractivity contribution in [3.8, 4) is 6.07 Å². The van der Waals surface area contributed by atoms with Gasteiger partial charge >= 0.3 is 0 Å². The predicted molar refractivity (Wildman–Crippen MR) is 106 cm³/mol. The molecule has 2 aromatic carbocycles. The fourth-order valence-corrected chi connectivity index (χ4v) is 3.59. The van der Waals surface area contributed by atoms with Crippen molar-refractivity contribution in [2.24, 2.45) is 0 Å². The van der Waals surface area contributed by atoms with Crippen molar-refractivity contribution in [2.75, 3.05) is 18.5 Å². The molecule has 3 rings (SSSR count). The molecule has 1 aliphatic carbocycles. The van der Waals surface area contributed by atoms with E-state index in [1.807, 2.05) is 50.4 Å². The van der Waals surface area contributed by atoms with E-state index in [9.17, 15) is 4.79 Å². The van der Waals surface area contributed by atoms with E-state index in [4.69, 9.17) is 5.26 Å². The van der Waals surface area contributed by atoms with E-state index in [1.165, 1.54) is 11.1 Å². The van der Waals surface area contributed by atoms with Gasteiger partial charge < -0.3 is 4.90 Å². The van der Waals surface area contributed by atoms with E-state index in [2.05, 4.69) is 24.0 Å². The molecule has 26 heavy (non-hydrogen) atoms. The van der Waals surface area contributed by atoms with Crippen molar-refractivity contribution < 1.29 is 4.79 Å². The number of hydrogen-bond donors (Lipinski definition) is 0. The van der Waals surface area contributed by atoms with Gasteiger partial charge in [-0.3, -0.25) is 4.79 Å². The Morgan fingerprint density at radius 3 is 2.58 bits per heavy atom. The molecule has 0 aliphatic heterocycles. The summed E-state index contributed by atoms with van der Waals surface area (Å²) in [5.74, 6) is 0.160. The van der Waals surface area contributed by atoms with Crippen molar-refractivity contribution in [3.05, 3.63) is 69.8 Å². The van der Waals surface area contributed by atoms with E-state index in [0.717, 1.165) is 40.8 Å². The van der Waals surface area contributed by atoms with Gasteiger partial charge in [0, 0.05) is 30.4 Å². The van der Waals surface area contributed by atoms with Crippen molar-refractivity contribution in [1.29, 1.82) is 5.26 Å². The standard InChI is InChI=1S/C23H24N2O/c1-16-13-17(2)21-10-7-19(23(26)22(21)14-16)15-18-5-8-20(9-6-18)25(3)12-4-11-24/h5-6,8-9,13-15H,4,7,10,12H2,1-3H3/b19-15-. The first-order valence-corrected chi connectivity index (χ1v) is 9.03. The van der Waals surface area contributed by atoms with Crippen LogP contribution in [0.1, 0.15) is 45.5 Å². The Labute approximate surface area is 155 Å². The molecule has 0 fully saturated rings. The smallest absolute Gasteiger partial charge is 0.189 e. The highest BCUT2D eigenvalue weighted by atomic mass is 16.1. The summed E-state index contributed by atoms with van der Waals surface area (Å²) in [4.78, 5) is 15.0. The largest absolute Gasteiger partial charge is 0.374 e. The maximum Gasteiger partial charge on any atom is 0.189 e. The summed E-state index contributed by atoms with van der Waals surface area (Å²) in [5, 5.41) is 8.70. The van der Waals surface area contributed by atoms with Crippen LogP contribution in [0.15, 0.2) is 42.0 Å². The molecule has 132 valence electrons. The second-order valence-corrected chi connectivity index (χ2v) is 7.03. The van der Waals surface area contributed by atoms with Crippen molar-refractivity contribution in [2.45, 2.75) is 33.1 Å². The molecule has 3 heteroatoms. The van der Waals surface area contributed by atoms with Gasteiger partial charge in [-0.2, -0.15) is 5.26 Å². The molecule has 0 atom stereocenters. The quantitative estimate of drug-likeness (QED) is 0.744. The van der Waals surface area contributed by atoms with Crippen LogP contribution < -0.4 is 4.90 Å². The number of carbonyl (C=O) groups is 1. The minimum absolute atomic E-state index is 0.160. The number of carbonyl (C=O) groups excluding carboxylic acids is 1. The highest BCUT2D eigenvalue weighted by molar-refractivity contribution is 6.13. The fourth-order valence-electron chi connectivity index (χ4n) is 3.59. The van der Waals surface area contributed by atoms with Crippen LogP contribution in [-0.4, -0.2) is 19.4 Å². The van der Waals surface area contributed by atoms with Gasteiger partial charge in [-0.1, -0.05) is 23.8 Å². The topological polar surface area (TPSA) is 44.1 Å². The molecule has 0 N–H and O–H groups in total. The van der Waals surface area contributed by atoms with Crippen LogP contribution >= 0.6 is 0 Å². The number of nitrogens with zero attached hydrogens (tertiary/aromatic N) is 2. The van der Waals surface area contributed by atoms with E-state index in [0.29, 0.717) is 13.0 Å². The fraction of sp³-hybridized carbons (Fsp3) is 0.304. The van der Waals surface area contributed by atoms with Crippen LogP contribution in [-0.2, 0) is 6.42 Å². The van der Waals surface area contributed by atoms with Crippen LogP contribution in [0.2, 0.25) is 0 Å². The lowest BCUT2D eigenvalue weighted by atomic mass is 9.83. The summed E-state index contributed by atoms with van der Waals surface area (Å²) in [7, 11) is 1.98. The van der Waals surface area contributed by atoms with Gasteiger partial charge in [-0.15, -0.1) is 0 Å². The number of anilines is 1. The van der Waals surface area contributed by atoms with Crippen molar-refractivity contribution >= 4 is 17.5 Å². The van der Waals surface area contributed by atoms with Gasteiger partial charge in [0.2, 0.25) is 0 Å². The number of nitriles is 1. The molecular formula is C23H24N2O. The van der Waals surface area contributed by atoms with Gasteiger partial charge in [0.1, 0.15) is 0 Å². The van der Waals surface area contributed by atoms with E-state index >= 15 is 0 Å². The highest BCUT2D eigenvalue weighted by Gasteiger charge is 2.23. The number of Topliss-reactive ketones (excluding diaryl/α,β-unsaturated/α-hetero) is 1. The third-order valence-electron chi connectivity index (χ3n) is 5.03. The molecule has 0 spiro atoms. The summed E-state index contributed by atoms with van der Waals surface area (Å²) in [6, 6.07) is 14.5. The Kier molecular flexibility index (Phi) is 5.23. The SMILES string of the molecule is Cc1cc(C)c2c(c1)C(=O)/C(=C\c1ccc(N(C)CCC#N)cc1)CC2. The molecule has 1 aliphatic rings. The number of ketones is 1. The van der Waals surface area contributed by atoms with Crippen molar-refractivity contribution in [3.63, 3.8) is 0 Å². The number of benzene rings is 2. The molecule has 0 saturated carbocycles. The number of aryl methyl sites for hydroxylation is 2. The molecule has 0 saturated heterocycles. The van der Waals surface area contributed by atoms with E-state index in [1.54, 1.807) is 0 Å². The normalized spacial score (nSPS) is 14.8. The lowest BCUT2D eigenvalue weighted by molar-refractivity contribution is 0.102. The summed E-state index contributed by atoms with van der Waals surface area (Å²) < 4.78 is 0. The first-order valence-electron chi connectivity index (χ1n) is 9.03. The molecule has 0 unspecified atom stereocenters. The molecule has 3 nitrogen and oxygen atoms in total. The Hall–Kier alpha value is -2.86. The van der Waals surface area contributed by atoms with Crippen molar-refractivity contribution in [1.82, 2.24) is 0 Å². The number of fused-ring (bicyclic) bond motifs is 1. The van der Waals surface area contributed by atoms with Crippen LogP contribution in [0.5, 0.6) is 0 Å². The van der Waals surface area contributed by atoms with Gasteiger partial charge in [-0.25, -0.2) is 0 Å². The molecule has 0 radical (unpaired) electrons. The van der Waals surface area contributed by atoms with Crippen LogP contribution in [0.4, 0.5) is 5.69 Å². The van der Waals surface area contributed by atoms with Crippen LogP contribution in [0.25, 0.3) is 6.08 Å². The maximum atomic E-state index is 12.9. The minimum Gasteiger partial charge on any atom is -0.374 e. The number of allylic oxidation sites excluding steroid dienone is 1. The first-order chi connectivity index (χ1) is 12.5. The number of rotatable bonds is 4. The molecule has 0 bridgehead atoms. The monoisotopic (exact) mass is 344 g/mol. The summed E-state index contributed by atoms with van der Waals surface area (Å²) in [6.45, 7) is 4.85. The molecular weight excluding hydrogens is 320 g/mol. The molecule has 0 heterocycles. The second-order valence-electron chi connectivity index (χ2n) is 7.03. The van der Waals surface area contributed by atoms with E-state index < -0.39 is 0 Å².